The van der Waals surface area contributed by atoms with Crippen molar-refractivity contribution in [1.82, 2.24) is 10.2 Å². The highest BCUT2D eigenvalue weighted by atomic mass is 16.5. The third kappa shape index (κ3) is 8.06. The summed E-state index contributed by atoms with van der Waals surface area (Å²) in [5.41, 5.74) is 0. The van der Waals surface area contributed by atoms with Crippen molar-refractivity contribution in [2.45, 2.75) is 58.0 Å². The Balaban J connectivity index is 1.78. The maximum absolute atomic E-state index is 5.93. The van der Waals surface area contributed by atoms with Gasteiger partial charge in [0, 0.05) is 19.7 Å². The van der Waals surface area contributed by atoms with Gasteiger partial charge in [-0.25, -0.2) is 0 Å². The quantitative estimate of drug-likeness (QED) is 0.608. The minimum absolute atomic E-state index is 0.535. The Morgan fingerprint density at radius 1 is 1.06 bits per heavy atom. The van der Waals surface area contributed by atoms with Crippen molar-refractivity contribution >= 4 is 0 Å². The Morgan fingerprint density at radius 2 is 1.78 bits per heavy atom. The molecule has 0 amide bonds. The van der Waals surface area contributed by atoms with E-state index in [0.29, 0.717) is 6.10 Å². The van der Waals surface area contributed by atoms with E-state index in [4.69, 9.17) is 4.74 Å². The lowest BCUT2D eigenvalue weighted by Crippen LogP contribution is -2.34. The molecule has 3 nitrogen and oxygen atoms in total. The molecule has 18 heavy (non-hydrogen) atoms. The van der Waals surface area contributed by atoms with Crippen LogP contribution in [0, 0.1) is 0 Å². The van der Waals surface area contributed by atoms with Crippen LogP contribution >= 0.6 is 0 Å². The van der Waals surface area contributed by atoms with Crippen LogP contribution in [-0.2, 0) is 4.74 Å². The topological polar surface area (TPSA) is 24.5 Å². The third-order valence-corrected chi connectivity index (χ3v) is 3.69. The second kappa shape index (κ2) is 10.8. The van der Waals surface area contributed by atoms with Crippen molar-refractivity contribution in [3.05, 3.63) is 0 Å². The predicted molar refractivity (Wildman–Crippen MR) is 78.1 cm³/mol. The molecule has 1 saturated heterocycles. The number of ether oxygens (including phenoxy) is 1. The molecule has 0 radical (unpaired) electrons. The molecule has 0 aliphatic carbocycles. The minimum Gasteiger partial charge on any atom is -0.378 e. The number of hydrogen-bond acceptors (Lipinski definition) is 3. The van der Waals surface area contributed by atoms with Gasteiger partial charge in [0.1, 0.15) is 0 Å². The largest absolute Gasteiger partial charge is 0.378 e. The van der Waals surface area contributed by atoms with Crippen molar-refractivity contribution < 1.29 is 4.74 Å². The summed E-state index contributed by atoms with van der Waals surface area (Å²) in [5, 5.41) is 3.45. The molecule has 0 aromatic carbocycles. The Labute approximate surface area is 113 Å². The van der Waals surface area contributed by atoms with E-state index in [0.717, 1.165) is 6.61 Å². The Kier molecular flexibility index (Phi) is 9.54. The van der Waals surface area contributed by atoms with Crippen LogP contribution in [0.5, 0.6) is 0 Å². The number of likely N-dealkylation sites (tertiary alicyclic amines) is 1. The summed E-state index contributed by atoms with van der Waals surface area (Å²) >= 11 is 0. The molecule has 1 rings (SSSR count). The van der Waals surface area contributed by atoms with Gasteiger partial charge in [-0.15, -0.1) is 0 Å². The summed E-state index contributed by atoms with van der Waals surface area (Å²) in [7, 11) is 2.20. The van der Waals surface area contributed by atoms with Crippen molar-refractivity contribution in [1.29, 1.82) is 0 Å². The first-order valence-corrected chi connectivity index (χ1v) is 7.83. The van der Waals surface area contributed by atoms with Crippen molar-refractivity contribution in [2.24, 2.45) is 0 Å². The molecular formula is C15H32N2O. The molecule has 0 unspecified atom stereocenters. The van der Waals surface area contributed by atoms with E-state index in [1.807, 2.05) is 0 Å². The van der Waals surface area contributed by atoms with Crippen LogP contribution in [0.2, 0.25) is 0 Å². The number of piperidine rings is 1. The highest BCUT2D eigenvalue weighted by Gasteiger charge is 2.16. The highest BCUT2D eigenvalue weighted by Crippen LogP contribution is 2.12. The summed E-state index contributed by atoms with van der Waals surface area (Å²) in [4.78, 5) is 2.39. The highest BCUT2D eigenvalue weighted by molar-refractivity contribution is 4.69. The van der Waals surface area contributed by atoms with Gasteiger partial charge in [0.25, 0.3) is 0 Å². The molecule has 1 aliphatic rings. The van der Waals surface area contributed by atoms with Gasteiger partial charge in [-0.05, 0) is 52.2 Å². The van der Waals surface area contributed by atoms with Gasteiger partial charge >= 0.3 is 0 Å². The summed E-state index contributed by atoms with van der Waals surface area (Å²) in [6.07, 6.45) is 9.43. The molecule has 0 atom stereocenters. The Hall–Kier alpha value is -0.120. The molecule has 1 heterocycles. The molecule has 0 spiro atoms. The first-order chi connectivity index (χ1) is 8.83. The summed E-state index contributed by atoms with van der Waals surface area (Å²) in [5.74, 6) is 0. The first kappa shape index (κ1) is 15.9. The zero-order valence-electron chi connectivity index (χ0n) is 12.4. The monoisotopic (exact) mass is 256 g/mol. The van der Waals surface area contributed by atoms with Crippen LogP contribution in [0.3, 0.4) is 0 Å². The summed E-state index contributed by atoms with van der Waals surface area (Å²) < 4.78 is 5.93. The number of nitrogens with one attached hydrogen (secondary N) is 1. The van der Waals surface area contributed by atoms with Crippen molar-refractivity contribution in [3.8, 4) is 0 Å². The number of rotatable bonds is 10. The maximum atomic E-state index is 5.93. The van der Waals surface area contributed by atoms with Gasteiger partial charge < -0.3 is 15.0 Å². The van der Waals surface area contributed by atoms with Crippen LogP contribution in [0.4, 0.5) is 0 Å². The van der Waals surface area contributed by atoms with Gasteiger partial charge in [-0.3, -0.25) is 0 Å². The normalized spacial score (nSPS) is 18.3. The molecule has 0 saturated carbocycles. The fraction of sp³-hybridized carbons (Fsp3) is 1.00. The van der Waals surface area contributed by atoms with Crippen LogP contribution in [-0.4, -0.2) is 50.8 Å². The van der Waals surface area contributed by atoms with Crippen LogP contribution in [0.1, 0.15) is 51.9 Å². The average Bonchev–Trinajstić information content (AvgIpc) is 2.39. The number of hydrogen-bond donors (Lipinski definition) is 1. The average molecular weight is 256 g/mol. The Morgan fingerprint density at radius 3 is 2.50 bits per heavy atom. The second-order valence-corrected chi connectivity index (χ2v) is 5.54. The SMILES string of the molecule is CCCNCCCCCCOC1CCN(C)CC1. The van der Waals surface area contributed by atoms with Gasteiger partial charge in [0.05, 0.1) is 6.10 Å². The van der Waals surface area contributed by atoms with E-state index in [-0.39, 0.29) is 0 Å². The molecule has 108 valence electrons. The van der Waals surface area contributed by atoms with E-state index < -0.39 is 0 Å². The number of nitrogens with zero attached hydrogens (tertiary/aromatic N) is 1. The lowest BCUT2D eigenvalue weighted by molar-refractivity contribution is 0.0107. The minimum atomic E-state index is 0.535. The molecule has 1 N–H and O–H groups in total. The predicted octanol–water partition coefficient (Wildman–Crippen LogP) is 2.66. The van der Waals surface area contributed by atoms with E-state index in [9.17, 15) is 0 Å². The van der Waals surface area contributed by atoms with Crippen LogP contribution in [0.25, 0.3) is 0 Å². The van der Waals surface area contributed by atoms with Crippen molar-refractivity contribution in [2.75, 3.05) is 39.8 Å². The molecule has 3 heteroatoms. The molecular weight excluding hydrogens is 224 g/mol. The number of unbranched alkanes of at least 4 members (excludes halogenated alkanes) is 3. The third-order valence-electron chi connectivity index (χ3n) is 3.69. The van der Waals surface area contributed by atoms with Crippen LogP contribution < -0.4 is 5.32 Å². The second-order valence-electron chi connectivity index (χ2n) is 5.54. The molecule has 0 bridgehead atoms. The van der Waals surface area contributed by atoms with Gasteiger partial charge in [-0.2, -0.15) is 0 Å². The van der Waals surface area contributed by atoms with E-state index >= 15 is 0 Å². The van der Waals surface area contributed by atoms with Gasteiger partial charge in [0.15, 0.2) is 0 Å². The Bertz CT molecular complexity index is 179. The fourth-order valence-corrected chi connectivity index (χ4v) is 2.41. The van der Waals surface area contributed by atoms with Gasteiger partial charge in [0.2, 0.25) is 0 Å². The van der Waals surface area contributed by atoms with Crippen molar-refractivity contribution in [3.63, 3.8) is 0 Å². The lowest BCUT2D eigenvalue weighted by atomic mass is 10.1. The molecule has 1 aliphatic heterocycles. The first-order valence-electron chi connectivity index (χ1n) is 7.83. The summed E-state index contributed by atoms with van der Waals surface area (Å²) in [6, 6.07) is 0. The summed E-state index contributed by atoms with van der Waals surface area (Å²) in [6.45, 7) is 7.94. The standard InChI is InChI=1S/C15H32N2O/c1-3-10-16-11-6-4-5-7-14-18-15-8-12-17(2)13-9-15/h15-16H,3-14H2,1-2H3. The van der Waals surface area contributed by atoms with Gasteiger partial charge in [-0.1, -0.05) is 19.8 Å². The van der Waals surface area contributed by atoms with E-state index in [1.54, 1.807) is 0 Å². The van der Waals surface area contributed by atoms with Crippen LogP contribution in [0.15, 0.2) is 0 Å². The smallest absolute Gasteiger partial charge is 0.0599 e. The fourth-order valence-electron chi connectivity index (χ4n) is 2.41. The molecule has 1 fully saturated rings. The van der Waals surface area contributed by atoms with E-state index in [1.165, 1.54) is 71.1 Å². The molecule has 0 aromatic rings. The maximum Gasteiger partial charge on any atom is 0.0599 e. The van der Waals surface area contributed by atoms with E-state index in [2.05, 4.69) is 24.2 Å². The lowest BCUT2D eigenvalue weighted by Gasteiger charge is -2.28. The zero-order chi connectivity index (χ0) is 13.1. The zero-order valence-corrected chi connectivity index (χ0v) is 12.4. The molecule has 0 aromatic heterocycles.